The molecular weight excluding hydrogens is 310 g/mol. The number of carbonyl (C=O) groups excluding carboxylic acids is 2. The summed E-state index contributed by atoms with van der Waals surface area (Å²) in [5.41, 5.74) is 5.27. The number of amides is 3. The number of urea groups is 1. The first-order chi connectivity index (χ1) is 10.1. The molecule has 1 heterocycles. The lowest BCUT2D eigenvalue weighted by molar-refractivity contribution is -0.128. The topological polar surface area (TPSA) is 66.6 Å². The Hall–Kier alpha value is -1.40. The second-order valence-corrected chi connectivity index (χ2v) is 6.20. The molecule has 5 nitrogen and oxygen atoms in total. The van der Waals surface area contributed by atoms with Gasteiger partial charge in [0.05, 0.1) is 10.8 Å². The zero-order chi connectivity index (χ0) is 15.2. The summed E-state index contributed by atoms with van der Waals surface area (Å²) in [6.07, 6.45) is 0.755. The Kier molecular flexibility index (Phi) is 5.76. The zero-order valence-electron chi connectivity index (χ0n) is 11.6. The number of thioether (sulfide) groups is 1. The van der Waals surface area contributed by atoms with E-state index >= 15 is 0 Å². The van der Waals surface area contributed by atoms with Crippen molar-refractivity contribution in [2.75, 3.05) is 31.9 Å². The van der Waals surface area contributed by atoms with Crippen molar-refractivity contribution in [2.45, 2.75) is 11.3 Å². The quantitative estimate of drug-likeness (QED) is 0.864. The van der Waals surface area contributed by atoms with Gasteiger partial charge in [0.2, 0.25) is 5.91 Å². The van der Waals surface area contributed by atoms with Gasteiger partial charge in [-0.15, -0.1) is 11.8 Å². The van der Waals surface area contributed by atoms with Crippen molar-refractivity contribution in [2.24, 2.45) is 5.73 Å². The Morgan fingerprint density at radius 3 is 2.52 bits per heavy atom. The van der Waals surface area contributed by atoms with E-state index in [0.29, 0.717) is 37.0 Å². The molecule has 0 saturated carbocycles. The number of halogens is 1. The van der Waals surface area contributed by atoms with Crippen molar-refractivity contribution in [1.82, 2.24) is 9.80 Å². The maximum atomic E-state index is 12.2. The van der Waals surface area contributed by atoms with E-state index in [1.54, 1.807) is 9.80 Å². The minimum atomic E-state index is -0.422. The third-order valence-corrected chi connectivity index (χ3v) is 4.85. The lowest BCUT2D eigenvalue weighted by Gasteiger charge is -2.21. The van der Waals surface area contributed by atoms with Crippen LogP contribution < -0.4 is 5.73 Å². The number of nitrogens with two attached hydrogens (primary N) is 1. The summed E-state index contributed by atoms with van der Waals surface area (Å²) in [7, 11) is 0. The van der Waals surface area contributed by atoms with Gasteiger partial charge in [0, 0.05) is 31.1 Å². The van der Waals surface area contributed by atoms with Crippen LogP contribution in [0.3, 0.4) is 0 Å². The highest BCUT2D eigenvalue weighted by Crippen LogP contribution is 2.26. The van der Waals surface area contributed by atoms with Gasteiger partial charge in [-0.2, -0.15) is 0 Å². The molecule has 0 unspecified atom stereocenters. The van der Waals surface area contributed by atoms with E-state index in [1.165, 1.54) is 11.8 Å². The molecule has 21 heavy (non-hydrogen) atoms. The third-order valence-electron chi connectivity index (χ3n) is 3.35. The van der Waals surface area contributed by atoms with Crippen molar-refractivity contribution in [3.05, 3.63) is 29.3 Å². The molecule has 114 valence electrons. The van der Waals surface area contributed by atoms with Crippen LogP contribution in [0, 0.1) is 0 Å². The number of benzene rings is 1. The van der Waals surface area contributed by atoms with Crippen LogP contribution in [0.15, 0.2) is 29.2 Å². The Labute approximate surface area is 133 Å². The summed E-state index contributed by atoms with van der Waals surface area (Å²) in [5, 5.41) is 0.658. The Bertz CT molecular complexity index is 527. The standard InChI is InChI=1S/C14H18ClN3O2S/c15-11-4-1-2-5-12(11)21-10-13(19)17-6-3-7-18(9-8-17)14(16)20/h1-2,4-5H,3,6-10H2,(H2,16,20). The normalized spacial score (nSPS) is 15.7. The number of primary amides is 1. The molecule has 7 heteroatoms. The van der Waals surface area contributed by atoms with E-state index in [4.69, 9.17) is 17.3 Å². The number of hydrogen-bond acceptors (Lipinski definition) is 3. The van der Waals surface area contributed by atoms with Crippen molar-refractivity contribution in [3.8, 4) is 0 Å². The van der Waals surface area contributed by atoms with Crippen molar-refractivity contribution >= 4 is 35.3 Å². The van der Waals surface area contributed by atoms with Gasteiger partial charge in [0.15, 0.2) is 0 Å². The molecule has 0 radical (unpaired) electrons. The number of rotatable bonds is 3. The smallest absolute Gasteiger partial charge is 0.314 e. The largest absolute Gasteiger partial charge is 0.351 e. The molecule has 0 aromatic heterocycles. The maximum absolute atomic E-state index is 12.2. The number of hydrogen-bond donors (Lipinski definition) is 1. The Morgan fingerprint density at radius 2 is 1.81 bits per heavy atom. The third kappa shape index (κ3) is 4.54. The molecule has 1 saturated heterocycles. The van der Waals surface area contributed by atoms with Crippen molar-refractivity contribution in [3.63, 3.8) is 0 Å². The van der Waals surface area contributed by atoms with Crippen LogP contribution in [0.2, 0.25) is 5.02 Å². The molecule has 1 aliphatic heterocycles. The molecule has 0 atom stereocenters. The van der Waals surface area contributed by atoms with Crippen LogP contribution in [-0.2, 0) is 4.79 Å². The van der Waals surface area contributed by atoms with Gasteiger partial charge in [-0.3, -0.25) is 4.79 Å². The second-order valence-electron chi connectivity index (χ2n) is 4.78. The molecule has 1 fully saturated rings. The van der Waals surface area contributed by atoms with Crippen LogP contribution in [0.25, 0.3) is 0 Å². The average Bonchev–Trinajstić information content (AvgIpc) is 2.72. The lowest BCUT2D eigenvalue weighted by atomic mass is 10.4. The molecule has 1 aromatic rings. The highest BCUT2D eigenvalue weighted by molar-refractivity contribution is 8.00. The summed E-state index contributed by atoms with van der Waals surface area (Å²) in [6.45, 7) is 2.30. The summed E-state index contributed by atoms with van der Waals surface area (Å²) < 4.78 is 0. The monoisotopic (exact) mass is 327 g/mol. The van der Waals surface area contributed by atoms with Gasteiger partial charge in [-0.1, -0.05) is 23.7 Å². The SMILES string of the molecule is NC(=O)N1CCCN(C(=O)CSc2ccccc2Cl)CC1. The molecule has 1 aliphatic rings. The first-order valence-electron chi connectivity index (χ1n) is 6.77. The van der Waals surface area contributed by atoms with Crippen molar-refractivity contribution < 1.29 is 9.59 Å². The summed E-state index contributed by atoms with van der Waals surface area (Å²) in [6, 6.07) is 7.05. The number of nitrogens with zero attached hydrogens (tertiary/aromatic N) is 2. The molecule has 0 bridgehead atoms. The van der Waals surface area contributed by atoms with Crippen LogP contribution in [0.1, 0.15) is 6.42 Å². The van der Waals surface area contributed by atoms with E-state index in [9.17, 15) is 9.59 Å². The predicted octanol–water partition coefficient (Wildman–Crippen LogP) is 2.05. The van der Waals surface area contributed by atoms with Crippen LogP contribution >= 0.6 is 23.4 Å². The molecular formula is C14H18ClN3O2S. The fourth-order valence-corrected chi connectivity index (χ4v) is 3.32. The van der Waals surface area contributed by atoms with E-state index in [-0.39, 0.29) is 5.91 Å². The van der Waals surface area contributed by atoms with E-state index in [2.05, 4.69) is 0 Å². The highest BCUT2D eigenvalue weighted by atomic mass is 35.5. The zero-order valence-corrected chi connectivity index (χ0v) is 13.2. The molecule has 2 N–H and O–H groups in total. The van der Waals surface area contributed by atoms with Gasteiger partial charge in [0.25, 0.3) is 0 Å². The Morgan fingerprint density at radius 1 is 1.14 bits per heavy atom. The first-order valence-corrected chi connectivity index (χ1v) is 8.14. The van der Waals surface area contributed by atoms with Crippen molar-refractivity contribution in [1.29, 1.82) is 0 Å². The predicted molar refractivity (Wildman–Crippen MR) is 84.5 cm³/mol. The number of carbonyl (C=O) groups is 2. The van der Waals surface area contributed by atoms with E-state index in [0.717, 1.165) is 11.3 Å². The second kappa shape index (κ2) is 7.56. The minimum Gasteiger partial charge on any atom is -0.351 e. The minimum absolute atomic E-state index is 0.0613. The molecule has 0 aliphatic carbocycles. The molecule has 2 rings (SSSR count). The summed E-state index contributed by atoms with van der Waals surface area (Å²) in [5.74, 6) is 0.409. The first kappa shape index (κ1) is 16.0. The van der Waals surface area contributed by atoms with Gasteiger partial charge < -0.3 is 15.5 Å². The summed E-state index contributed by atoms with van der Waals surface area (Å²) >= 11 is 7.50. The van der Waals surface area contributed by atoms with E-state index in [1.807, 2.05) is 24.3 Å². The molecule has 0 spiro atoms. The van der Waals surface area contributed by atoms with Crippen LogP contribution in [0.4, 0.5) is 4.79 Å². The highest BCUT2D eigenvalue weighted by Gasteiger charge is 2.20. The lowest BCUT2D eigenvalue weighted by Crippen LogP contribution is -2.40. The average molecular weight is 328 g/mol. The van der Waals surface area contributed by atoms with Gasteiger partial charge in [0.1, 0.15) is 0 Å². The van der Waals surface area contributed by atoms with Crippen LogP contribution in [-0.4, -0.2) is 53.7 Å². The maximum Gasteiger partial charge on any atom is 0.314 e. The van der Waals surface area contributed by atoms with E-state index < -0.39 is 6.03 Å². The fourth-order valence-electron chi connectivity index (χ4n) is 2.18. The molecule has 1 aromatic carbocycles. The van der Waals surface area contributed by atoms with Gasteiger partial charge >= 0.3 is 6.03 Å². The van der Waals surface area contributed by atoms with Gasteiger partial charge in [-0.05, 0) is 18.6 Å². The van der Waals surface area contributed by atoms with Crippen LogP contribution in [0.5, 0.6) is 0 Å². The fraction of sp³-hybridized carbons (Fsp3) is 0.429. The Balaban J connectivity index is 1.86. The van der Waals surface area contributed by atoms with Gasteiger partial charge in [-0.25, -0.2) is 4.79 Å². The molecule has 3 amide bonds. The summed E-state index contributed by atoms with van der Waals surface area (Å²) in [4.78, 5) is 27.7.